The van der Waals surface area contributed by atoms with Gasteiger partial charge in [-0.1, -0.05) is 36.4 Å². The molecule has 0 saturated carbocycles. The van der Waals surface area contributed by atoms with Gasteiger partial charge >= 0.3 is 11.9 Å². The highest BCUT2D eigenvalue weighted by atomic mass is 16.6. The Balaban J connectivity index is 2.11. The first-order valence-corrected chi connectivity index (χ1v) is 5.94. The van der Waals surface area contributed by atoms with Crippen molar-refractivity contribution in [2.24, 2.45) is 0 Å². The van der Waals surface area contributed by atoms with Crippen molar-refractivity contribution in [1.82, 2.24) is 0 Å². The third kappa shape index (κ3) is 3.81. The summed E-state index contributed by atoms with van der Waals surface area (Å²) in [6, 6.07) is 9.60. The molecule has 0 unspecified atom stereocenters. The van der Waals surface area contributed by atoms with Crippen LogP contribution in [-0.2, 0) is 19.1 Å². The van der Waals surface area contributed by atoms with Crippen molar-refractivity contribution >= 4 is 18.0 Å². The van der Waals surface area contributed by atoms with Gasteiger partial charge in [0.1, 0.15) is 0 Å². The average molecular weight is 258 g/mol. The van der Waals surface area contributed by atoms with E-state index in [1.807, 2.05) is 36.4 Å². The second-order valence-corrected chi connectivity index (χ2v) is 4.10. The Morgan fingerprint density at radius 3 is 2.74 bits per heavy atom. The lowest BCUT2D eigenvalue weighted by molar-refractivity contribution is -0.158. The van der Waals surface area contributed by atoms with E-state index in [9.17, 15) is 9.59 Å². The number of hydrogen-bond acceptors (Lipinski definition) is 4. The molecule has 0 fully saturated rings. The summed E-state index contributed by atoms with van der Waals surface area (Å²) in [5.74, 6) is -0.850. The molecule has 19 heavy (non-hydrogen) atoms. The summed E-state index contributed by atoms with van der Waals surface area (Å²) < 4.78 is 10.2. The Morgan fingerprint density at radius 2 is 2.05 bits per heavy atom. The molecule has 4 nitrogen and oxygen atoms in total. The Labute approximate surface area is 111 Å². The first kappa shape index (κ1) is 13.1. The van der Waals surface area contributed by atoms with Crippen LogP contribution in [0.1, 0.15) is 12.5 Å². The van der Waals surface area contributed by atoms with Crippen molar-refractivity contribution in [1.29, 1.82) is 0 Å². The van der Waals surface area contributed by atoms with Crippen molar-refractivity contribution in [3.8, 4) is 0 Å². The molecule has 2 rings (SSSR count). The zero-order chi connectivity index (χ0) is 13.7. The van der Waals surface area contributed by atoms with Gasteiger partial charge in [0, 0.05) is 13.0 Å². The minimum Gasteiger partial charge on any atom is -0.454 e. The van der Waals surface area contributed by atoms with Crippen LogP contribution in [0, 0.1) is 0 Å². The SMILES string of the molecule is CC(=O)O[C@H]1C=CC(=O)O[C@@H]1/C=C/c1ccccc1. The van der Waals surface area contributed by atoms with Gasteiger partial charge in [-0.25, -0.2) is 4.79 Å². The van der Waals surface area contributed by atoms with Gasteiger partial charge in [0.15, 0.2) is 12.2 Å². The van der Waals surface area contributed by atoms with Crippen LogP contribution in [-0.4, -0.2) is 24.1 Å². The maximum atomic E-state index is 11.2. The second-order valence-electron chi connectivity index (χ2n) is 4.10. The number of carbonyl (C=O) groups is 2. The van der Waals surface area contributed by atoms with Crippen LogP contribution in [0.15, 0.2) is 48.6 Å². The molecule has 1 aromatic carbocycles. The van der Waals surface area contributed by atoms with E-state index in [0.29, 0.717) is 0 Å². The minimum atomic E-state index is -0.596. The molecule has 0 spiro atoms. The molecule has 1 aliphatic rings. The highest BCUT2D eigenvalue weighted by molar-refractivity contribution is 5.83. The maximum absolute atomic E-state index is 11.2. The smallest absolute Gasteiger partial charge is 0.331 e. The predicted molar refractivity (Wildman–Crippen MR) is 70.1 cm³/mol. The van der Waals surface area contributed by atoms with Gasteiger partial charge in [0.25, 0.3) is 0 Å². The van der Waals surface area contributed by atoms with Gasteiger partial charge in [-0.05, 0) is 17.7 Å². The molecule has 2 atom stereocenters. The van der Waals surface area contributed by atoms with E-state index in [-0.39, 0.29) is 0 Å². The van der Waals surface area contributed by atoms with Gasteiger partial charge in [0.2, 0.25) is 0 Å². The standard InChI is InChI=1S/C15H14O4/c1-11(16)18-13-9-10-15(17)19-14(13)8-7-12-5-3-2-4-6-12/h2-10,13-14H,1H3/b8-7+/t13-,14+/m0/s1. The molecular formula is C15H14O4. The lowest BCUT2D eigenvalue weighted by Crippen LogP contribution is -2.34. The fourth-order valence-corrected chi connectivity index (χ4v) is 1.74. The van der Waals surface area contributed by atoms with Crippen LogP contribution < -0.4 is 0 Å². The summed E-state index contributed by atoms with van der Waals surface area (Å²) in [4.78, 5) is 22.2. The number of cyclic esters (lactones) is 1. The molecule has 0 saturated heterocycles. The van der Waals surface area contributed by atoms with Crippen LogP contribution in [0.3, 0.4) is 0 Å². The molecule has 0 aromatic heterocycles. The minimum absolute atomic E-state index is 0.411. The van der Waals surface area contributed by atoms with Gasteiger partial charge in [-0.3, -0.25) is 4.79 Å². The molecule has 1 heterocycles. The number of benzene rings is 1. The quantitative estimate of drug-likeness (QED) is 0.779. The number of rotatable bonds is 3. The van der Waals surface area contributed by atoms with Gasteiger partial charge in [-0.15, -0.1) is 0 Å². The monoisotopic (exact) mass is 258 g/mol. The third-order valence-electron chi connectivity index (χ3n) is 2.58. The lowest BCUT2D eigenvalue weighted by Gasteiger charge is -2.24. The van der Waals surface area contributed by atoms with E-state index in [2.05, 4.69) is 0 Å². The summed E-state index contributed by atoms with van der Waals surface area (Å²) >= 11 is 0. The first-order chi connectivity index (χ1) is 9.15. The molecule has 0 amide bonds. The summed E-state index contributed by atoms with van der Waals surface area (Å²) in [5.41, 5.74) is 0.981. The number of ether oxygens (including phenoxy) is 2. The van der Waals surface area contributed by atoms with Crippen LogP contribution in [0.5, 0.6) is 0 Å². The summed E-state index contributed by atoms with van der Waals surface area (Å²) in [6.45, 7) is 1.32. The van der Waals surface area contributed by atoms with Crippen molar-refractivity contribution in [2.75, 3.05) is 0 Å². The Morgan fingerprint density at radius 1 is 1.32 bits per heavy atom. The van der Waals surface area contributed by atoms with Crippen molar-refractivity contribution in [3.63, 3.8) is 0 Å². The highest BCUT2D eigenvalue weighted by Crippen LogP contribution is 2.15. The van der Waals surface area contributed by atoms with Crippen LogP contribution in [0.4, 0.5) is 0 Å². The largest absolute Gasteiger partial charge is 0.454 e. The number of hydrogen-bond donors (Lipinski definition) is 0. The van der Waals surface area contributed by atoms with Crippen LogP contribution >= 0.6 is 0 Å². The van der Waals surface area contributed by atoms with Crippen LogP contribution in [0.2, 0.25) is 0 Å². The Kier molecular flexibility index (Phi) is 4.13. The molecule has 0 N–H and O–H groups in total. The van der Waals surface area contributed by atoms with Crippen molar-refractivity contribution < 1.29 is 19.1 Å². The third-order valence-corrected chi connectivity index (χ3v) is 2.58. The molecule has 0 bridgehead atoms. The van der Waals surface area contributed by atoms with Gasteiger partial charge < -0.3 is 9.47 Å². The first-order valence-electron chi connectivity index (χ1n) is 5.94. The van der Waals surface area contributed by atoms with E-state index < -0.39 is 24.1 Å². The zero-order valence-corrected chi connectivity index (χ0v) is 10.5. The number of esters is 2. The molecule has 0 aliphatic carbocycles. The molecule has 4 heteroatoms. The van der Waals surface area contributed by atoms with Crippen LogP contribution in [0.25, 0.3) is 6.08 Å². The lowest BCUT2D eigenvalue weighted by atomic mass is 10.1. The fourth-order valence-electron chi connectivity index (χ4n) is 1.74. The fraction of sp³-hybridized carbons (Fsp3) is 0.200. The summed E-state index contributed by atoms with van der Waals surface area (Å²) in [7, 11) is 0. The van der Waals surface area contributed by atoms with E-state index in [1.165, 1.54) is 19.1 Å². The van der Waals surface area contributed by atoms with Crippen molar-refractivity contribution in [2.45, 2.75) is 19.1 Å². The van der Waals surface area contributed by atoms with Crippen molar-refractivity contribution in [3.05, 3.63) is 54.1 Å². The molecule has 98 valence electrons. The predicted octanol–water partition coefficient (Wildman–Crippen LogP) is 2.11. The topological polar surface area (TPSA) is 52.6 Å². The number of carbonyl (C=O) groups excluding carboxylic acids is 2. The summed E-state index contributed by atoms with van der Waals surface area (Å²) in [6.07, 6.45) is 5.17. The molecule has 1 aromatic rings. The Hall–Kier alpha value is -2.36. The van der Waals surface area contributed by atoms with Gasteiger partial charge in [-0.2, -0.15) is 0 Å². The van der Waals surface area contributed by atoms with E-state index in [0.717, 1.165) is 5.56 Å². The summed E-state index contributed by atoms with van der Waals surface area (Å²) in [5, 5.41) is 0. The highest BCUT2D eigenvalue weighted by Gasteiger charge is 2.26. The Bertz CT molecular complexity index is 516. The molecular weight excluding hydrogens is 244 g/mol. The zero-order valence-electron chi connectivity index (χ0n) is 10.5. The molecule has 1 aliphatic heterocycles. The normalized spacial score (nSPS) is 22.3. The second kappa shape index (κ2) is 6.00. The van der Waals surface area contributed by atoms with E-state index in [1.54, 1.807) is 6.08 Å². The van der Waals surface area contributed by atoms with Gasteiger partial charge in [0.05, 0.1) is 0 Å². The van der Waals surface area contributed by atoms with E-state index in [4.69, 9.17) is 9.47 Å². The average Bonchev–Trinajstić information content (AvgIpc) is 2.40. The molecule has 0 radical (unpaired) electrons. The van der Waals surface area contributed by atoms with E-state index >= 15 is 0 Å². The maximum Gasteiger partial charge on any atom is 0.331 e.